The molecule has 46 valence electrons. The van der Waals surface area contributed by atoms with E-state index in [0.29, 0.717) is 5.75 Å². The van der Waals surface area contributed by atoms with Crippen LogP contribution in [0.2, 0.25) is 0 Å². The van der Waals surface area contributed by atoms with Crippen LogP contribution in [0.1, 0.15) is 0 Å². The molecule has 2 N–H and O–H groups in total. The van der Waals surface area contributed by atoms with Crippen molar-refractivity contribution in [2.75, 3.05) is 11.6 Å². The Kier molecular flexibility index (Phi) is 4.97. The van der Waals surface area contributed by atoms with Gasteiger partial charge in [0.1, 0.15) is 6.04 Å². The van der Waals surface area contributed by atoms with Gasteiger partial charge in [-0.1, -0.05) is 0 Å². The third-order valence-electron chi connectivity index (χ3n) is 1.01. The summed E-state index contributed by atoms with van der Waals surface area (Å²) in [6.45, 7) is 0. The van der Waals surface area contributed by atoms with Crippen molar-refractivity contribution in [1.29, 1.82) is 0 Å². The molecule has 1 saturated heterocycles. The number of rotatable bonds is 1. The summed E-state index contributed by atoms with van der Waals surface area (Å²) < 4.78 is 0. The van der Waals surface area contributed by atoms with E-state index in [0.717, 1.165) is 5.88 Å². The molecular formula is C4H7NNaO2S+. The minimum absolute atomic E-state index is 0. The maximum atomic E-state index is 10.1. The molecule has 0 radical (unpaired) electrons. The molecular weight excluding hydrogens is 149 g/mol. The van der Waals surface area contributed by atoms with Crippen LogP contribution in [-0.4, -0.2) is 28.7 Å². The molecule has 0 amide bonds. The first-order valence-electron chi connectivity index (χ1n) is 2.34. The fourth-order valence-electron chi connectivity index (χ4n) is 0.554. The van der Waals surface area contributed by atoms with Gasteiger partial charge in [-0.15, -0.1) is 11.8 Å². The van der Waals surface area contributed by atoms with E-state index in [1.807, 2.05) is 0 Å². The van der Waals surface area contributed by atoms with Crippen LogP contribution in [0, 0.1) is 0 Å². The Morgan fingerprint density at radius 1 is 1.78 bits per heavy atom. The fraction of sp³-hybridized carbons (Fsp3) is 0.750. The average molecular weight is 156 g/mol. The largest absolute Gasteiger partial charge is 1.00 e. The van der Waals surface area contributed by atoms with Gasteiger partial charge in [-0.3, -0.25) is 10.1 Å². The minimum Gasteiger partial charge on any atom is -0.480 e. The van der Waals surface area contributed by atoms with Gasteiger partial charge in [-0.2, -0.15) is 0 Å². The van der Waals surface area contributed by atoms with Crippen LogP contribution < -0.4 is 34.9 Å². The van der Waals surface area contributed by atoms with Gasteiger partial charge in [0, 0.05) is 11.6 Å². The first-order chi connectivity index (χ1) is 3.80. The predicted molar refractivity (Wildman–Crippen MR) is 31.9 cm³/mol. The predicted octanol–water partition coefficient (Wildman–Crippen LogP) is -3.26. The number of thioether (sulfide) groups is 1. The molecule has 1 aliphatic rings. The molecule has 1 rings (SSSR count). The zero-order valence-electron chi connectivity index (χ0n) is 5.26. The molecule has 0 aromatic rings. The molecule has 1 heterocycles. The molecule has 5 heteroatoms. The smallest absolute Gasteiger partial charge is 0.480 e. The Morgan fingerprint density at radius 2 is 2.44 bits per heavy atom. The van der Waals surface area contributed by atoms with E-state index in [-0.39, 0.29) is 35.6 Å². The molecule has 1 atom stereocenters. The molecule has 1 unspecified atom stereocenters. The van der Waals surface area contributed by atoms with Crippen LogP contribution in [0.4, 0.5) is 0 Å². The molecule has 0 aliphatic carbocycles. The first kappa shape index (κ1) is 9.78. The Hall–Kier alpha value is 0.780. The second-order valence-electron chi connectivity index (χ2n) is 1.61. The van der Waals surface area contributed by atoms with E-state index >= 15 is 0 Å². The minimum atomic E-state index is -0.741. The van der Waals surface area contributed by atoms with E-state index in [1.54, 1.807) is 11.8 Å². The van der Waals surface area contributed by atoms with Crippen molar-refractivity contribution < 1.29 is 39.5 Å². The van der Waals surface area contributed by atoms with Crippen LogP contribution in [0.5, 0.6) is 0 Å². The van der Waals surface area contributed by atoms with Crippen molar-refractivity contribution in [3.05, 3.63) is 0 Å². The van der Waals surface area contributed by atoms with E-state index in [4.69, 9.17) is 5.11 Å². The number of nitrogens with one attached hydrogen (secondary N) is 1. The van der Waals surface area contributed by atoms with Crippen molar-refractivity contribution in [3.63, 3.8) is 0 Å². The molecule has 0 aromatic heterocycles. The van der Waals surface area contributed by atoms with Crippen LogP contribution in [-0.2, 0) is 4.79 Å². The van der Waals surface area contributed by atoms with Gasteiger partial charge < -0.3 is 5.11 Å². The zero-order valence-corrected chi connectivity index (χ0v) is 8.07. The van der Waals surface area contributed by atoms with Crippen LogP contribution >= 0.6 is 11.8 Å². The first-order valence-corrected chi connectivity index (χ1v) is 3.50. The number of carbonyl (C=O) groups is 1. The second-order valence-corrected chi connectivity index (χ2v) is 2.64. The fourth-order valence-corrected chi connectivity index (χ4v) is 1.49. The van der Waals surface area contributed by atoms with Gasteiger partial charge in [-0.25, -0.2) is 0 Å². The van der Waals surface area contributed by atoms with Crippen molar-refractivity contribution in [2.45, 2.75) is 6.04 Å². The Morgan fingerprint density at radius 3 is 2.67 bits per heavy atom. The molecule has 9 heavy (non-hydrogen) atoms. The molecule has 0 aromatic carbocycles. The van der Waals surface area contributed by atoms with Crippen LogP contribution in [0.15, 0.2) is 0 Å². The maximum Gasteiger partial charge on any atom is 1.00 e. The van der Waals surface area contributed by atoms with Gasteiger partial charge in [0.2, 0.25) is 0 Å². The average Bonchev–Trinajstić information content (AvgIpc) is 2.12. The van der Waals surface area contributed by atoms with Gasteiger partial charge in [0.25, 0.3) is 0 Å². The number of carboxylic acid groups (broad SMARTS) is 1. The number of aliphatic carboxylic acids is 1. The van der Waals surface area contributed by atoms with Gasteiger partial charge in [0.05, 0.1) is 0 Å². The third kappa shape index (κ3) is 2.91. The maximum absolute atomic E-state index is 10.1. The van der Waals surface area contributed by atoms with Gasteiger partial charge in [-0.05, 0) is 0 Å². The summed E-state index contributed by atoms with van der Waals surface area (Å²) in [4.78, 5) is 10.1. The zero-order chi connectivity index (χ0) is 5.98. The van der Waals surface area contributed by atoms with E-state index in [1.165, 1.54) is 0 Å². The SMILES string of the molecule is O=C(O)C1CSCN1.[Na+]. The summed E-state index contributed by atoms with van der Waals surface area (Å²) in [5, 5.41) is 11.2. The van der Waals surface area contributed by atoms with E-state index in [2.05, 4.69) is 5.32 Å². The topological polar surface area (TPSA) is 49.3 Å². The van der Waals surface area contributed by atoms with Crippen molar-refractivity contribution in [3.8, 4) is 0 Å². The molecule has 1 aliphatic heterocycles. The Labute approximate surface area is 79.9 Å². The number of hydrogen-bond acceptors (Lipinski definition) is 3. The van der Waals surface area contributed by atoms with E-state index < -0.39 is 5.97 Å². The molecule has 0 bridgehead atoms. The number of carboxylic acids is 1. The van der Waals surface area contributed by atoms with Crippen molar-refractivity contribution in [2.24, 2.45) is 0 Å². The van der Waals surface area contributed by atoms with E-state index in [9.17, 15) is 4.79 Å². The Bertz CT molecular complexity index is 105. The van der Waals surface area contributed by atoms with Crippen LogP contribution in [0.3, 0.4) is 0 Å². The van der Waals surface area contributed by atoms with Crippen LogP contribution in [0.25, 0.3) is 0 Å². The molecule has 0 spiro atoms. The summed E-state index contributed by atoms with van der Waals surface area (Å²) in [7, 11) is 0. The van der Waals surface area contributed by atoms with Crippen molar-refractivity contribution >= 4 is 17.7 Å². The Balaban J connectivity index is 0.000000640. The standard InChI is InChI=1S/C4H7NO2S.Na/c6-4(7)3-1-8-2-5-3;/h3,5H,1-2H2,(H,6,7);/q;+1. The number of hydrogen-bond donors (Lipinski definition) is 2. The summed E-state index contributed by atoms with van der Waals surface area (Å²) in [5.41, 5.74) is 0. The monoisotopic (exact) mass is 156 g/mol. The summed E-state index contributed by atoms with van der Waals surface area (Å²) in [6, 6.07) is -0.306. The quantitative estimate of drug-likeness (QED) is 0.391. The molecule has 3 nitrogen and oxygen atoms in total. The summed E-state index contributed by atoms with van der Waals surface area (Å²) >= 11 is 1.62. The third-order valence-corrected chi connectivity index (χ3v) is 1.95. The van der Waals surface area contributed by atoms with Gasteiger partial charge >= 0.3 is 35.5 Å². The second kappa shape index (κ2) is 4.57. The van der Waals surface area contributed by atoms with Crippen molar-refractivity contribution in [1.82, 2.24) is 5.32 Å². The normalized spacial score (nSPS) is 25.1. The summed E-state index contributed by atoms with van der Waals surface area (Å²) in [5.74, 6) is 0.738. The molecule has 0 saturated carbocycles. The summed E-state index contributed by atoms with van der Waals surface area (Å²) in [6.07, 6.45) is 0. The van der Waals surface area contributed by atoms with Gasteiger partial charge in [0.15, 0.2) is 0 Å². The molecule has 1 fully saturated rings.